The van der Waals surface area contributed by atoms with Crippen LogP contribution in [-0.2, 0) is 27.9 Å². The first-order valence-electron chi connectivity index (χ1n) is 15.8. The van der Waals surface area contributed by atoms with E-state index in [9.17, 15) is 14.2 Å². The predicted molar refractivity (Wildman–Crippen MR) is 174 cm³/mol. The van der Waals surface area contributed by atoms with E-state index in [-0.39, 0.29) is 56.5 Å². The summed E-state index contributed by atoms with van der Waals surface area (Å²) in [6, 6.07) is 2.95. The molecule has 266 valence electrons. The molecule has 2 aliphatic rings. The van der Waals surface area contributed by atoms with Gasteiger partial charge in [0.2, 0.25) is 5.91 Å². The number of hydrogen-bond acceptors (Lipinski definition) is 10. The van der Waals surface area contributed by atoms with Crippen molar-refractivity contribution < 1.29 is 50.7 Å². The Morgan fingerprint density at radius 3 is 2.17 bits per heavy atom. The molecule has 0 spiro atoms. The lowest BCUT2D eigenvalue weighted by Crippen LogP contribution is -2.46. The number of halogens is 2. The standard InChI is InChI=1S/C33H46F2N3O9P/c1-31(2,3)44-20-26(48(41,46-32(4,5)6)47-33(7,8)9)29(39)37-13-10-21(11-14-37)28-24(34)16-22(17-25(28)35)38-23(19-43-30(38)40)18-42-27-12-15-45-36-27/h10,12,15-17,23,26H,11,13-14,18-20H2,1-9H3/t23-,26+/m1/s1. The number of rotatable bonds is 11. The van der Waals surface area contributed by atoms with Gasteiger partial charge < -0.3 is 32.7 Å². The van der Waals surface area contributed by atoms with Crippen LogP contribution in [0.3, 0.4) is 0 Å². The third kappa shape index (κ3) is 9.64. The molecule has 0 bridgehead atoms. The second kappa shape index (κ2) is 14.3. The molecule has 0 saturated carbocycles. The first kappa shape index (κ1) is 37.5. The molecule has 2 atom stereocenters. The zero-order valence-electron chi connectivity index (χ0n) is 29.0. The predicted octanol–water partition coefficient (Wildman–Crippen LogP) is 6.98. The molecule has 0 unspecified atom stereocenters. The summed E-state index contributed by atoms with van der Waals surface area (Å²) in [7, 11) is -4.13. The zero-order chi connectivity index (χ0) is 35.7. The van der Waals surface area contributed by atoms with Crippen LogP contribution in [0, 0.1) is 11.6 Å². The molecule has 0 N–H and O–H groups in total. The van der Waals surface area contributed by atoms with Crippen molar-refractivity contribution >= 4 is 30.9 Å². The minimum atomic E-state index is -4.13. The Morgan fingerprint density at radius 2 is 1.67 bits per heavy atom. The number of carbonyl (C=O) groups is 2. The van der Waals surface area contributed by atoms with Crippen LogP contribution in [-0.4, -0.2) is 83.5 Å². The Kier molecular flexibility index (Phi) is 11.1. The van der Waals surface area contributed by atoms with Crippen molar-refractivity contribution in [2.24, 2.45) is 0 Å². The van der Waals surface area contributed by atoms with Gasteiger partial charge in [-0.15, -0.1) is 0 Å². The topological polar surface area (TPSA) is 130 Å². The molecule has 2 aliphatic heterocycles. The summed E-state index contributed by atoms with van der Waals surface area (Å²) in [6.45, 7) is 15.5. The molecule has 12 nitrogen and oxygen atoms in total. The van der Waals surface area contributed by atoms with Crippen molar-refractivity contribution in [3.63, 3.8) is 0 Å². The number of anilines is 1. The van der Waals surface area contributed by atoms with Crippen molar-refractivity contribution in [2.45, 2.75) is 97.2 Å². The van der Waals surface area contributed by atoms with E-state index in [1.165, 1.54) is 17.2 Å². The third-order valence-corrected chi connectivity index (χ3v) is 9.83. The molecule has 0 radical (unpaired) electrons. The SMILES string of the molecule is CC(C)(C)OC[C@@H](C(=O)N1CC=C(c2c(F)cc(N3C(=O)OC[C@H]3COc3ccon3)cc2F)CC1)P(=O)(OC(C)(C)C)OC(C)(C)C. The van der Waals surface area contributed by atoms with Crippen molar-refractivity contribution in [1.29, 1.82) is 0 Å². The summed E-state index contributed by atoms with van der Waals surface area (Å²) in [4.78, 5) is 29.2. The second-order valence-electron chi connectivity index (χ2n) is 14.7. The van der Waals surface area contributed by atoms with E-state index in [1.807, 2.05) is 20.8 Å². The summed E-state index contributed by atoms with van der Waals surface area (Å²) in [5.74, 6) is -2.10. The highest BCUT2D eigenvalue weighted by Gasteiger charge is 2.49. The third-order valence-electron chi connectivity index (χ3n) is 7.09. The van der Waals surface area contributed by atoms with Gasteiger partial charge in [0.05, 0.1) is 29.1 Å². The molecule has 0 aliphatic carbocycles. The number of ether oxygens (including phenoxy) is 3. The van der Waals surface area contributed by atoms with Gasteiger partial charge >= 0.3 is 13.7 Å². The molecular weight excluding hydrogens is 651 g/mol. The summed E-state index contributed by atoms with van der Waals surface area (Å²) in [5, 5.41) is 3.64. The quantitative estimate of drug-likeness (QED) is 0.227. The van der Waals surface area contributed by atoms with Gasteiger partial charge in [-0.1, -0.05) is 6.08 Å². The smallest absolute Gasteiger partial charge is 0.414 e. The number of amides is 2. The highest BCUT2D eigenvalue weighted by Crippen LogP contribution is 2.59. The molecule has 1 fully saturated rings. The zero-order valence-corrected chi connectivity index (χ0v) is 29.9. The molecule has 2 amide bonds. The average molecular weight is 698 g/mol. The minimum Gasteiger partial charge on any atom is -0.473 e. The highest BCUT2D eigenvalue weighted by atomic mass is 31.2. The van der Waals surface area contributed by atoms with Crippen LogP contribution in [0.15, 0.2) is 35.1 Å². The van der Waals surface area contributed by atoms with Crippen molar-refractivity contribution in [1.82, 2.24) is 10.1 Å². The van der Waals surface area contributed by atoms with Crippen molar-refractivity contribution in [3.05, 3.63) is 47.7 Å². The van der Waals surface area contributed by atoms with Crippen LogP contribution in [0.25, 0.3) is 5.57 Å². The van der Waals surface area contributed by atoms with E-state index in [0.717, 1.165) is 17.0 Å². The van der Waals surface area contributed by atoms with E-state index < -0.39 is 59.7 Å². The van der Waals surface area contributed by atoms with E-state index >= 15 is 8.78 Å². The van der Waals surface area contributed by atoms with Crippen molar-refractivity contribution in [2.75, 3.05) is 37.8 Å². The van der Waals surface area contributed by atoms with Crippen molar-refractivity contribution in [3.8, 4) is 5.88 Å². The monoisotopic (exact) mass is 697 g/mol. The first-order valence-corrected chi connectivity index (χ1v) is 17.4. The first-order chi connectivity index (χ1) is 22.2. The minimum absolute atomic E-state index is 0.00817. The number of carbonyl (C=O) groups excluding carboxylic acids is 2. The van der Waals surface area contributed by atoms with E-state index in [4.69, 9.17) is 27.8 Å². The number of nitrogens with zero attached hydrogens (tertiary/aromatic N) is 3. The summed E-state index contributed by atoms with van der Waals surface area (Å²) in [5.41, 5.74) is -3.72. The number of benzene rings is 1. The number of aromatic nitrogens is 1. The van der Waals surface area contributed by atoms with Crippen LogP contribution in [0.2, 0.25) is 0 Å². The second-order valence-corrected chi connectivity index (χ2v) is 16.8. The number of hydrogen-bond donors (Lipinski definition) is 0. The fraction of sp³-hybridized carbons (Fsp3) is 0.606. The summed E-state index contributed by atoms with van der Waals surface area (Å²) in [6.07, 6.45) is 2.22. The maximum absolute atomic E-state index is 15.6. The normalized spacial score (nSPS) is 18.5. The van der Waals surface area contributed by atoms with Gasteiger partial charge in [0.25, 0.3) is 5.88 Å². The fourth-order valence-electron chi connectivity index (χ4n) is 5.21. The van der Waals surface area contributed by atoms with Crippen LogP contribution < -0.4 is 9.64 Å². The molecule has 1 aromatic carbocycles. The van der Waals surface area contributed by atoms with Gasteiger partial charge in [-0.3, -0.25) is 14.3 Å². The molecule has 2 aromatic rings. The molecule has 1 saturated heterocycles. The Labute approximate surface area is 280 Å². The Hall–Kier alpha value is -3.32. The van der Waals surface area contributed by atoms with E-state index in [0.29, 0.717) is 5.57 Å². The van der Waals surface area contributed by atoms with Crippen LogP contribution in [0.5, 0.6) is 5.88 Å². The van der Waals surface area contributed by atoms with Gasteiger partial charge in [0.1, 0.15) is 37.2 Å². The van der Waals surface area contributed by atoms with E-state index in [1.54, 1.807) is 47.6 Å². The maximum Gasteiger partial charge on any atom is 0.414 e. The molecule has 3 heterocycles. The van der Waals surface area contributed by atoms with E-state index in [2.05, 4.69) is 5.16 Å². The Balaban J connectivity index is 1.56. The van der Waals surface area contributed by atoms with Crippen LogP contribution in [0.4, 0.5) is 19.3 Å². The average Bonchev–Trinajstić information content (AvgIpc) is 3.58. The lowest BCUT2D eigenvalue weighted by Gasteiger charge is -2.38. The Bertz CT molecular complexity index is 1500. The largest absolute Gasteiger partial charge is 0.473 e. The molecular formula is C33H46F2N3O9P. The van der Waals surface area contributed by atoms with Crippen LogP contribution in [0.1, 0.15) is 74.3 Å². The summed E-state index contributed by atoms with van der Waals surface area (Å²) >= 11 is 0. The van der Waals surface area contributed by atoms with Gasteiger partial charge in [0, 0.05) is 24.7 Å². The highest BCUT2D eigenvalue weighted by molar-refractivity contribution is 7.55. The summed E-state index contributed by atoms with van der Waals surface area (Å²) < 4.78 is 79.0. The van der Waals surface area contributed by atoms with Crippen LogP contribution >= 0.6 is 7.60 Å². The Morgan fingerprint density at radius 1 is 1.04 bits per heavy atom. The number of cyclic esters (lactones) is 1. The van der Waals surface area contributed by atoms with Gasteiger partial charge in [-0.05, 0) is 91.6 Å². The molecule has 48 heavy (non-hydrogen) atoms. The molecule has 15 heteroatoms. The maximum atomic E-state index is 15.6. The van der Waals surface area contributed by atoms with Gasteiger partial charge in [-0.25, -0.2) is 13.6 Å². The lowest BCUT2D eigenvalue weighted by atomic mass is 9.97. The molecule has 4 rings (SSSR count). The van der Waals surface area contributed by atoms with Gasteiger partial charge in [-0.2, -0.15) is 0 Å². The fourth-order valence-corrected chi connectivity index (χ4v) is 7.72. The van der Waals surface area contributed by atoms with Gasteiger partial charge in [0.15, 0.2) is 5.66 Å². The lowest BCUT2D eigenvalue weighted by molar-refractivity contribution is -0.133. The molecule has 1 aromatic heterocycles.